The number of hydrogen-bond donors (Lipinski definition) is 1. The Morgan fingerprint density at radius 3 is 2.48 bits per heavy atom. The Morgan fingerprint density at radius 2 is 1.90 bits per heavy atom. The van der Waals surface area contributed by atoms with Gasteiger partial charge in [-0.25, -0.2) is 0 Å². The summed E-state index contributed by atoms with van der Waals surface area (Å²) in [5, 5.41) is 3.03. The SMILES string of the molecule is CNCc1ccccc1OCCN(CC(F)(F)F)C(C)C. The molecule has 0 bridgehead atoms. The minimum Gasteiger partial charge on any atom is -0.492 e. The predicted molar refractivity (Wildman–Crippen MR) is 77.5 cm³/mol. The Kier molecular flexibility index (Phi) is 6.98. The molecule has 0 aromatic heterocycles. The number of nitrogens with zero attached hydrogens (tertiary/aromatic N) is 1. The molecule has 0 unspecified atom stereocenters. The third-order valence-electron chi connectivity index (χ3n) is 3.09. The lowest BCUT2D eigenvalue weighted by Gasteiger charge is -2.27. The summed E-state index contributed by atoms with van der Waals surface area (Å²) >= 11 is 0. The number of alkyl halides is 3. The highest BCUT2D eigenvalue weighted by Crippen LogP contribution is 2.19. The van der Waals surface area contributed by atoms with E-state index in [0.29, 0.717) is 12.3 Å². The third-order valence-corrected chi connectivity index (χ3v) is 3.09. The molecule has 0 atom stereocenters. The van der Waals surface area contributed by atoms with Crippen molar-refractivity contribution in [1.82, 2.24) is 10.2 Å². The van der Waals surface area contributed by atoms with E-state index in [1.165, 1.54) is 4.90 Å². The molecular formula is C15H23F3N2O. The van der Waals surface area contributed by atoms with Gasteiger partial charge in [-0.05, 0) is 27.0 Å². The van der Waals surface area contributed by atoms with Gasteiger partial charge in [0.15, 0.2) is 0 Å². The number of nitrogens with one attached hydrogen (secondary N) is 1. The van der Waals surface area contributed by atoms with Gasteiger partial charge in [-0.2, -0.15) is 13.2 Å². The molecule has 3 nitrogen and oxygen atoms in total. The van der Waals surface area contributed by atoms with Crippen LogP contribution in [0.15, 0.2) is 24.3 Å². The lowest BCUT2D eigenvalue weighted by atomic mass is 10.2. The largest absolute Gasteiger partial charge is 0.492 e. The molecule has 0 saturated carbocycles. The summed E-state index contributed by atoms with van der Waals surface area (Å²) in [6.07, 6.45) is -4.19. The second kappa shape index (κ2) is 8.24. The monoisotopic (exact) mass is 304 g/mol. The number of halogens is 3. The van der Waals surface area contributed by atoms with E-state index in [1.54, 1.807) is 13.8 Å². The smallest absolute Gasteiger partial charge is 0.401 e. The fraction of sp³-hybridized carbons (Fsp3) is 0.600. The van der Waals surface area contributed by atoms with Crippen molar-refractivity contribution >= 4 is 0 Å². The van der Waals surface area contributed by atoms with Crippen molar-refractivity contribution in [2.45, 2.75) is 32.6 Å². The van der Waals surface area contributed by atoms with Crippen molar-refractivity contribution < 1.29 is 17.9 Å². The maximum absolute atomic E-state index is 12.5. The van der Waals surface area contributed by atoms with Gasteiger partial charge in [0.1, 0.15) is 12.4 Å². The predicted octanol–water partition coefficient (Wildman–Crippen LogP) is 3.06. The van der Waals surface area contributed by atoms with Gasteiger partial charge in [0.25, 0.3) is 0 Å². The Bertz CT molecular complexity index is 422. The summed E-state index contributed by atoms with van der Waals surface area (Å²) in [5.41, 5.74) is 0.993. The van der Waals surface area contributed by atoms with Crippen LogP contribution in [-0.4, -0.2) is 43.9 Å². The molecule has 0 aliphatic heterocycles. The molecule has 0 saturated heterocycles. The van der Waals surface area contributed by atoms with Crippen LogP contribution in [0.2, 0.25) is 0 Å². The first kappa shape index (κ1) is 17.8. The highest BCUT2D eigenvalue weighted by atomic mass is 19.4. The van der Waals surface area contributed by atoms with Gasteiger partial charge in [0.2, 0.25) is 0 Å². The quantitative estimate of drug-likeness (QED) is 0.799. The van der Waals surface area contributed by atoms with E-state index in [1.807, 2.05) is 31.3 Å². The van der Waals surface area contributed by atoms with E-state index in [2.05, 4.69) is 5.32 Å². The molecule has 21 heavy (non-hydrogen) atoms. The number of hydrogen-bond acceptors (Lipinski definition) is 3. The highest BCUT2D eigenvalue weighted by molar-refractivity contribution is 5.33. The summed E-state index contributed by atoms with van der Waals surface area (Å²) < 4.78 is 43.1. The van der Waals surface area contributed by atoms with Crippen molar-refractivity contribution in [1.29, 1.82) is 0 Å². The van der Waals surface area contributed by atoms with Crippen molar-refractivity contribution in [3.05, 3.63) is 29.8 Å². The fourth-order valence-electron chi connectivity index (χ4n) is 2.00. The molecule has 1 rings (SSSR count). The molecule has 6 heteroatoms. The summed E-state index contributed by atoms with van der Waals surface area (Å²) in [6.45, 7) is 3.72. The molecular weight excluding hydrogens is 281 g/mol. The van der Waals surface area contributed by atoms with Crippen LogP contribution in [0.3, 0.4) is 0 Å². The van der Waals surface area contributed by atoms with E-state index in [-0.39, 0.29) is 19.2 Å². The first-order valence-electron chi connectivity index (χ1n) is 6.99. The van der Waals surface area contributed by atoms with Crippen molar-refractivity contribution in [2.24, 2.45) is 0 Å². The summed E-state index contributed by atoms with van der Waals surface area (Å²) in [5.74, 6) is 0.711. The van der Waals surface area contributed by atoms with Crippen LogP contribution in [-0.2, 0) is 6.54 Å². The van der Waals surface area contributed by atoms with E-state index in [4.69, 9.17) is 4.74 Å². The first-order chi connectivity index (χ1) is 9.83. The molecule has 120 valence electrons. The zero-order valence-electron chi connectivity index (χ0n) is 12.7. The maximum Gasteiger partial charge on any atom is 0.401 e. The maximum atomic E-state index is 12.5. The van der Waals surface area contributed by atoms with Crippen LogP contribution in [0.1, 0.15) is 19.4 Å². The van der Waals surface area contributed by atoms with Gasteiger partial charge in [-0.15, -0.1) is 0 Å². The van der Waals surface area contributed by atoms with Crippen molar-refractivity contribution in [3.8, 4) is 5.75 Å². The van der Waals surface area contributed by atoms with Crippen LogP contribution < -0.4 is 10.1 Å². The lowest BCUT2D eigenvalue weighted by Crippen LogP contribution is -2.41. The molecule has 0 amide bonds. The van der Waals surface area contributed by atoms with Crippen molar-refractivity contribution in [2.75, 3.05) is 26.7 Å². The van der Waals surface area contributed by atoms with Gasteiger partial charge >= 0.3 is 6.18 Å². The molecule has 0 spiro atoms. The van der Waals surface area contributed by atoms with E-state index < -0.39 is 12.7 Å². The van der Waals surface area contributed by atoms with E-state index in [0.717, 1.165) is 5.56 Å². The molecule has 0 aliphatic carbocycles. The Labute approximate surface area is 124 Å². The molecule has 1 aromatic rings. The van der Waals surface area contributed by atoms with Gasteiger partial charge in [0.05, 0.1) is 6.54 Å². The number of ether oxygens (including phenoxy) is 1. The zero-order chi connectivity index (χ0) is 15.9. The second-order valence-corrected chi connectivity index (χ2v) is 5.17. The summed E-state index contributed by atoms with van der Waals surface area (Å²) in [6, 6.07) is 7.34. The molecule has 0 radical (unpaired) electrons. The van der Waals surface area contributed by atoms with Gasteiger partial charge in [-0.1, -0.05) is 18.2 Å². The molecule has 0 fully saturated rings. The zero-order valence-corrected chi connectivity index (χ0v) is 12.7. The topological polar surface area (TPSA) is 24.5 Å². The Balaban J connectivity index is 2.54. The molecule has 1 aromatic carbocycles. The van der Waals surface area contributed by atoms with Crippen LogP contribution >= 0.6 is 0 Å². The van der Waals surface area contributed by atoms with Crippen LogP contribution in [0.4, 0.5) is 13.2 Å². The standard InChI is InChI=1S/C15H23F3N2O/c1-12(2)20(11-15(16,17)18)8-9-21-14-7-5-4-6-13(14)10-19-3/h4-7,12,19H,8-11H2,1-3H3. The third kappa shape index (κ3) is 6.82. The highest BCUT2D eigenvalue weighted by Gasteiger charge is 2.31. The van der Waals surface area contributed by atoms with Crippen LogP contribution in [0, 0.1) is 0 Å². The van der Waals surface area contributed by atoms with Crippen LogP contribution in [0.5, 0.6) is 5.75 Å². The van der Waals surface area contributed by atoms with Gasteiger partial charge in [0, 0.05) is 24.7 Å². The number of para-hydroxylation sites is 1. The van der Waals surface area contributed by atoms with E-state index >= 15 is 0 Å². The Hall–Kier alpha value is -1.27. The van der Waals surface area contributed by atoms with Gasteiger partial charge < -0.3 is 10.1 Å². The van der Waals surface area contributed by atoms with E-state index in [9.17, 15) is 13.2 Å². The minimum absolute atomic E-state index is 0.178. The Morgan fingerprint density at radius 1 is 1.24 bits per heavy atom. The lowest BCUT2D eigenvalue weighted by molar-refractivity contribution is -0.150. The summed E-state index contributed by atoms with van der Waals surface area (Å²) in [4.78, 5) is 1.36. The number of rotatable bonds is 8. The second-order valence-electron chi connectivity index (χ2n) is 5.17. The molecule has 1 N–H and O–H groups in total. The average Bonchev–Trinajstić information content (AvgIpc) is 2.38. The fourth-order valence-corrected chi connectivity index (χ4v) is 2.00. The molecule has 0 aliphatic rings. The van der Waals surface area contributed by atoms with Crippen LogP contribution in [0.25, 0.3) is 0 Å². The normalized spacial score (nSPS) is 12.2. The minimum atomic E-state index is -4.19. The molecule has 0 heterocycles. The summed E-state index contributed by atoms with van der Waals surface area (Å²) in [7, 11) is 1.83. The van der Waals surface area contributed by atoms with Gasteiger partial charge in [-0.3, -0.25) is 4.90 Å². The van der Waals surface area contributed by atoms with Crippen molar-refractivity contribution in [3.63, 3.8) is 0 Å². The average molecular weight is 304 g/mol. The number of benzene rings is 1. The first-order valence-corrected chi connectivity index (χ1v) is 6.99.